The number of hydrogen-bond donors (Lipinski definition) is 2. The van der Waals surface area contributed by atoms with Gasteiger partial charge in [-0.1, -0.05) is 6.07 Å². The number of amides is 1. The minimum atomic E-state index is -0.532. The highest BCUT2D eigenvalue weighted by Crippen LogP contribution is 2.17. The van der Waals surface area contributed by atoms with Crippen LogP contribution >= 0.6 is 0 Å². The van der Waals surface area contributed by atoms with E-state index in [0.29, 0.717) is 11.3 Å². The molecule has 2 N–H and O–H groups in total. The predicted molar refractivity (Wildman–Crippen MR) is 79.8 cm³/mol. The smallest absolute Gasteiger partial charge is 0.242 e. The number of likely N-dealkylation sites (N-methyl/N-ethyl adjacent to an activating group) is 1. The molecule has 6 nitrogen and oxygen atoms in total. The molecule has 1 aromatic heterocycles. The Kier molecular flexibility index (Phi) is 5.11. The van der Waals surface area contributed by atoms with Gasteiger partial charge in [0.05, 0.1) is 13.3 Å². The number of aromatic nitrogens is 2. The van der Waals surface area contributed by atoms with E-state index in [0.717, 1.165) is 5.56 Å². The summed E-state index contributed by atoms with van der Waals surface area (Å²) in [6.07, 6.45) is 3.38. The molecule has 22 heavy (non-hydrogen) atoms. The molecular weight excluding hydrogens is 287 g/mol. The molecule has 2 rings (SSSR count). The van der Waals surface area contributed by atoms with Crippen molar-refractivity contribution in [1.82, 2.24) is 20.4 Å². The number of rotatable bonds is 6. The number of carbonyl (C=O) groups is 1. The molecule has 0 radical (unpaired) electrons. The SMILES string of the molecule is CNC(C(=O)NCc1ccc(OC)cc1F)c1cnn(C)c1. The van der Waals surface area contributed by atoms with E-state index in [1.165, 1.54) is 13.2 Å². The zero-order chi connectivity index (χ0) is 16.1. The van der Waals surface area contributed by atoms with E-state index < -0.39 is 11.9 Å². The van der Waals surface area contributed by atoms with E-state index in [4.69, 9.17) is 4.74 Å². The molecule has 1 unspecified atom stereocenters. The normalized spacial score (nSPS) is 12.0. The fourth-order valence-electron chi connectivity index (χ4n) is 2.12. The van der Waals surface area contributed by atoms with Gasteiger partial charge in [-0.3, -0.25) is 9.48 Å². The Bertz CT molecular complexity index is 657. The zero-order valence-electron chi connectivity index (χ0n) is 12.8. The Morgan fingerprint density at radius 1 is 1.50 bits per heavy atom. The van der Waals surface area contributed by atoms with Crippen LogP contribution in [0.4, 0.5) is 4.39 Å². The van der Waals surface area contributed by atoms with Crippen LogP contribution in [0.15, 0.2) is 30.6 Å². The molecule has 0 saturated heterocycles. The lowest BCUT2D eigenvalue weighted by molar-refractivity contribution is -0.123. The second-order valence-electron chi connectivity index (χ2n) is 4.84. The highest BCUT2D eigenvalue weighted by molar-refractivity contribution is 5.83. The monoisotopic (exact) mass is 306 g/mol. The van der Waals surface area contributed by atoms with Crippen molar-refractivity contribution in [1.29, 1.82) is 0 Å². The topological polar surface area (TPSA) is 68.2 Å². The number of nitrogens with one attached hydrogen (secondary N) is 2. The molecule has 0 bridgehead atoms. The van der Waals surface area contributed by atoms with Crippen LogP contribution in [0.3, 0.4) is 0 Å². The van der Waals surface area contributed by atoms with Crippen molar-refractivity contribution in [3.8, 4) is 5.75 Å². The van der Waals surface area contributed by atoms with Crippen molar-refractivity contribution in [2.45, 2.75) is 12.6 Å². The summed E-state index contributed by atoms with van der Waals surface area (Å²) in [5.74, 6) is -0.219. The standard InChI is InChI=1S/C15H19FN4O2/c1-17-14(11-8-19-20(2)9-11)15(21)18-7-10-4-5-12(22-3)6-13(10)16/h4-6,8-9,14,17H,7H2,1-3H3,(H,18,21). The first-order valence-corrected chi connectivity index (χ1v) is 6.81. The average molecular weight is 306 g/mol. The number of methoxy groups -OCH3 is 1. The van der Waals surface area contributed by atoms with E-state index in [9.17, 15) is 9.18 Å². The van der Waals surface area contributed by atoms with Crippen molar-refractivity contribution in [2.24, 2.45) is 7.05 Å². The van der Waals surface area contributed by atoms with Gasteiger partial charge in [-0.15, -0.1) is 0 Å². The van der Waals surface area contributed by atoms with Crippen LogP contribution in [0.2, 0.25) is 0 Å². The molecule has 2 aromatic rings. The minimum absolute atomic E-state index is 0.104. The molecule has 0 aliphatic carbocycles. The Balaban J connectivity index is 2.02. The highest BCUT2D eigenvalue weighted by atomic mass is 19.1. The predicted octanol–water partition coefficient (Wildman–Crippen LogP) is 1.14. The third-order valence-corrected chi connectivity index (χ3v) is 3.32. The number of halogens is 1. The quantitative estimate of drug-likeness (QED) is 0.840. The van der Waals surface area contributed by atoms with Crippen molar-refractivity contribution in [3.63, 3.8) is 0 Å². The van der Waals surface area contributed by atoms with E-state index in [2.05, 4.69) is 15.7 Å². The van der Waals surface area contributed by atoms with Gasteiger partial charge < -0.3 is 15.4 Å². The van der Waals surface area contributed by atoms with Crippen LogP contribution in [-0.2, 0) is 18.4 Å². The Labute approximate surface area is 128 Å². The summed E-state index contributed by atoms with van der Waals surface area (Å²) >= 11 is 0. The maximum atomic E-state index is 13.8. The molecule has 1 aromatic carbocycles. The fourth-order valence-corrected chi connectivity index (χ4v) is 2.12. The Morgan fingerprint density at radius 3 is 2.82 bits per heavy atom. The lowest BCUT2D eigenvalue weighted by atomic mass is 10.1. The van der Waals surface area contributed by atoms with Gasteiger partial charge in [0.1, 0.15) is 17.6 Å². The Hall–Kier alpha value is -2.41. The van der Waals surface area contributed by atoms with Gasteiger partial charge in [0, 0.05) is 37.0 Å². The molecule has 1 atom stereocenters. The second kappa shape index (κ2) is 7.04. The summed E-state index contributed by atoms with van der Waals surface area (Å²) in [4.78, 5) is 12.2. The number of hydrogen-bond acceptors (Lipinski definition) is 4. The summed E-state index contributed by atoms with van der Waals surface area (Å²) in [5, 5.41) is 9.68. The van der Waals surface area contributed by atoms with Gasteiger partial charge >= 0.3 is 0 Å². The van der Waals surface area contributed by atoms with E-state index in [1.807, 2.05) is 0 Å². The maximum Gasteiger partial charge on any atom is 0.242 e. The number of ether oxygens (including phenoxy) is 1. The summed E-state index contributed by atoms with van der Waals surface area (Å²) in [6, 6.07) is 4.00. The summed E-state index contributed by atoms with van der Waals surface area (Å²) < 4.78 is 20.4. The first kappa shape index (κ1) is 16.0. The third-order valence-electron chi connectivity index (χ3n) is 3.32. The highest BCUT2D eigenvalue weighted by Gasteiger charge is 2.20. The van der Waals surface area contributed by atoms with Crippen LogP contribution in [-0.4, -0.2) is 29.8 Å². The van der Waals surface area contributed by atoms with Gasteiger partial charge in [-0.2, -0.15) is 5.10 Å². The van der Waals surface area contributed by atoms with Crippen molar-refractivity contribution >= 4 is 5.91 Å². The van der Waals surface area contributed by atoms with Crippen LogP contribution in [0.1, 0.15) is 17.2 Å². The van der Waals surface area contributed by atoms with E-state index in [1.54, 1.807) is 43.3 Å². The summed E-state index contributed by atoms with van der Waals surface area (Å²) in [5.41, 5.74) is 1.15. The second-order valence-corrected chi connectivity index (χ2v) is 4.84. The number of nitrogens with zero attached hydrogens (tertiary/aromatic N) is 2. The molecule has 0 fully saturated rings. The summed E-state index contributed by atoms with van der Waals surface area (Å²) in [6.45, 7) is 0.104. The van der Waals surface area contributed by atoms with E-state index >= 15 is 0 Å². The average Bonchev–Trinajstić information content (AvgIpc) is 2.93. The first-order valence-electron chi connectivity index (χ1n) is 6.81. The third kappa shape index (κ3) is 3.62. The molecule has 118 valence electrons. The van der Waals surface area contributed by atoms with Crippen LogP contribution < -0.4 is 15.4 Å². The largest absolute Gasteiger partial charge is 0.497 e. The lowest BCUT2D eigenvalue weighted by Crippen LogP contribution is -2.35. The molecular formula is C15H19FN4O2. The minimum Gasteiger partial charge on any atom is -0.497 e. The summed E-state index contributed by atoms with van der Waals surface area (Å²) in [7, 11) is 4.94. The molecule has 1 amide bonds. The maximum absolute atomic E-state index is 13.8. The van der Waals surface area contributed by atoms with Crippen LogP contribution in [0.25, 0.3) is 0 Å². The van der Waals surface area contributed by atoms with E-state index in [-0.39, 0.29) is 12.5 Å². The van der Waals surface area contributed by atoms with Gasteiger partial charge in [-0.05, 0) is 13.1 Å². The molecule has 7 heteroatoms. The number of benzene rings is 1. The van der Waals surface area contributed by atoms with Gasteiger partial charge in [0.25, 0.3) is 0 Å². The van der Waals surface area contributed by atoms with Gasteiger partial charge in [0.2, 0.25) is 5.91 Å². The van der Waals surface area contributed by atoms with Crippen molar-refractivity contribution in [3.05, 3.63) is 47.5 Å². The van der Waals surface area contributed by atoms with Crippen molar-refractivity contribution < 1.29 is 13.9 Å². The lowest BCUT2D eigenvalue weighted by Gasteiger charge is -2.15. The van der Waals surface area contributed by atoms with Crippen LogP contribution in [0, 0.1) is 5.82 Å². The number of aryl methyl sites for hydroxylation is 1. The van der Waals surface area contributed by atoms with Crippen LogP contribution in [0.5, 0.6) is 5.75 Å². The molecule has 0 aliphatic heterocycles. The Morgan fingerprint density at radius 2 is 2.27 bits per heavy atom. The van der Waals surface area contributed by atoms with Gasteiger partial charge in [0.15, 0.2) is 0 Å². The first-order chi connectivity index (χ1) is 10.5. The number of carbonyl (C=O) groups excluding carboxylic acids is 1. The molecule has 1 heterocycles. The van der Waals surface area contributed by atoms with Crippen molar-refractivity contribution in [2.75, 3.05) is 14.2 Å². The molecule has 0 spiro atoms. The molecule has 0 aliphatic rings. The van der Waals surface area contributed by atoms with Gasteiger partial charge in [-0.25, -0.2) is 4.39 Å². The molecule has 0 saturated carbocycles. The fraction of sp³-hybridized carbons (Fsp3) is 0.333. The zero-order valence-corrected chi connectivity index (χ0v) is 12.8.